The molecule has 3 aromatic carbocycles. The van der Waals surface area contributed by atoms with Crippen LogP contribution >= 0.6 is 11.6 Å². The Morgan fingerprint density at radius 1 is 0.968 bits per heavy atom. The summed E-state index contributed by atoms with van der Waals surface area (Å²) in [4.78, 5) is -0.449. The van der Waals surface area contributed by atoms with Crippen molar-refractivity contribution in [3.63, 3.8) is 0 Å². The number of hydrogen-bond donors (Lipinski definition) is 2. The molecule has 3 aromatic rings. The lowest BCUT2D eigenvalue weighted by Gasteiger charge is -2.15. The Morgan fingerprint density at radius 3 is 2.39 bits per heavy atom. The zero-order chi connectivity index (χ0) is 22.5. The van der Waals surface area contributed by atoms with E-state index in [4.69, 9.17) is 17.3 Å². The number of nitrogens with one attached hydrogen (secondary N) is 1. The number of aryl methyl sites for hydroxylation is 3. The zero-order valence-electron chi connectivity index (χ0n) is 18.4. The molecule has 0 aromatic heterocycles. The summed E-state index contributed by atoms with van der Waals surface area (Å²) >= 11 is 6.84. The van der Waals surface area contributed by atoms with Gasteiger partial charge in [0.2, 0.25) is 0 Å². The van der Waals surface area contributed by atoms with Gasteiger partial charge in [0.15, 0.2) is 0 Å². The molecule has 0 radical (unpaired) electrons. The van der Waals surface area contributed by atoms with Gasteiger partial charge in [0, 0.05) is 28.9 Å². The van der Waals surface area contributed by atoms with Crippen LogP contribution in [0.5, 0.6) is 0 Å². The van der Waals surface area contributed by atoms with Gasteiger partial charge in [-0.25, -0.2) is 4.39 Å². The third-order valence-electron chi connectivity index (χ3n) is 6.44. The highest BCUT2D eigenvalue weighted by molar-refractivity contribution is 6.27. The van der Waals surface area contributed by atoms with Gasteiger partial charge in [0.25, 0.3) is 0 Å². The van der Waals surface area contributed by atoms with Crippen LogP contribution in [0.2, 0.25) is 0 Å². The van der Waals surface area contributed by atoms with Crippen LogP contribution in [0, 0.1) is 32.5 Å². The van der Waals surface area contributed by atoms with Crippen LogP contribution in [-0.2, 0) is 0 Å². The molecule has 2 nitrogen and oxygen atoms in total. The first-order chi connectivity index (χ1) is 14.6. The van der Waals surface area contributed by atoms with Gasteiger partial charge in [-0.05, 0) is 91.4 Å². The number of allylic oxidation sites excluding steroid dienone is 1. The fourth-order valence-corrected chi connectivity index (χ4v) is 5.09. The molecule has 1 aliphatic carbocycles. The molecular formula is C27H28ClFN2. The van der Waals surface area contributed by atoms with Crippen LogP contribution in [0.1, 0.15) is 35.1 Å². The molecule has 3 unspecified atom stereocenters. The van der Waals surface area contributed by atoms with E-state index in [9.17, 15) is 4.39 Å². The number of rotatable bonds is 5. The molecule has 4 heteroatoms. The zero-order valence-corrected chi connectivity index (χ0v) is 19.1. The minimum absolute atomic E-state index is 0.0574. The van der Waals surface area contributed by atoms with Gasteiger partial charge in [-0.2, -0.15) is 0 Å². The highest BCUT2D eigenvalue weighted by Gasteiger charge is 2.62. The highest BCUT2D eigenvalue weighted by Crippen LogP contribution is 2.64. The van der Waals surface area contributed by atoms with Crippen molar-refractivity contribution >= 4 is 23.0 Å². The molecule has 3 atom stereocenters. The number of alkyl halides is 1. The van der Waals surface area contributed by atoms with Gasteiger partial charge in [0.05, 0.1) is 4.87 Å². The number of anilines is 2. The number of hydrogen-bond acceptors (Lipinski definition) is 2. The van der Waals surface area contributed by atoms with E-state index in [0.717, 1.165) is 39.3 Å². The Hall–Kier alpha value is -2.78. The van der Waals surface area contributed by atoms with Crippen molar-refractivity contribution in [3.05, 3.63) is 94.9 Å². The summed E-state index contributed by atoms with van der Waals surface area (Å²) in [5, 5.41) is 3.48. The average molecular weight is 435 g/mol. The van der Waals surface area contributed by atoms with Crippen molar-refractivity contribution < 1.29 is 4.39 Å². The van der Waals surface area contributed by atoms with Crippen molar-refractivity contribution in [1.29, 1.82) is 0 Å². The van der Waals surface area contributed by atoms with E-state index in [1.54, 1.807) is 6.92 Å². The van der Waals surface area contributed by atoms with Crippen LogP contribution in [0.3, 0.4) is 0 Å². The number of benzene rings is 3. The van der Waals surface area contributed by atoms with E-state index in [-0.39, 0.29) is 17.7 Å². The monoisotopic (exact) mass is 434 g/mol. The quantitative estimate of drug-likeness (QED) is 0.325. The lowest BCUT2D eigenvalue weighted by Crippen LogP contribution is -2.05. The summed E-state index contributed by atoms with van der Waals surface area (Å²) in [6, 6.07) is 17.5. The van der Waals surface area contributed by atoms with E-state index in [1.807, 2.05) is 31.2 Å². The lowest BCUT2D eigenvalue weighted by molar-refractivity contribution is 0.617. The summed E-state index contributed by atoms with van der Waals surface area (Å²) < 4.78 is 13.7. The average Bonchev–Trinajstić information content (AvgIpc) is 3.28. The first-order valence-electron chi connectivity index (χ1n) is 10.5. The number of nitrogens with two attached hydrogens (primary N) is 1. The van der Waals surface area contributed by atoms with E-state index >= 15 is 0 Å². The van der Waals surface area contributed by atoms with E-state index in [0.29, 0.717) is 5.56 Å². The topological polar surface area (TPSA) is 38.0 Å². The Morgan fingerprint density at radius 2 is 1.71 bits per heavy atom. The largest absolute Gasteiger partial charge is 0.399 e. The van der Waals surface area contributed by atoms with Crippen molar-refractivity contribution in [2.45, 2.75) is 38.5 Å². The fraction of sp³-hybridized carbons (Fsp3) is 0.259. The highest BCUT2D eigenvalue weighted by atomic mass is 35.5. The molecule has 4 rings (SSSR count). The van der Waals surface area contributed by atoms with Crippen molar-refractivity contribution in [1.82, 2.24) is 0 Å². The molecule has 0 aliphatic heterocycles. The summed E-state index contributed by atoms with van der Waals surface area (Å²) in [5.74, 6) is -0.0425. The number of nitrogen functional groups attached to an aromatic ring is 1. The normalized spacial score (nSPS) is 22.3. The lowest BCUT2D eigenvalue weighted by atomic mass is 9.95. The molecule has 0 spiro atoms. The molecule has 0 bridgehead atoms. The maximum absolute atomic E-state index is 13.7. The minimum atomic E-state index is -0.449. The molecule has 1 saturated carbocycles. The first-order valence-corrected chi connectivity index (χ1v) is 10.9. The molecule has 0 saturated heterocycles. The van der Waals surface area contributed by atoms with Crippen molar-refractivity contribution in [2.24, 2.45) is 5.92 Å². The van der Waals surface area contributed by atoms with Crippen LogP contribution < -0.4 is 11.1 Å². The SMILES string of the molecule is C=C(Nc1ccc(C)c(-c2ccc(N)cc2C)c1)C1C(c2ccc(F)c(C)c2)C1(C)Cl. The standard InChI is InChI=1S/C27H28ClFN2/c1-15-6-9-21(14-23(15)22-10-8-20(30)13-16(22)2)31-18(4)25-26(27(25,5)28)19-7-11-24(29)17(3)12-19/h6-14,25-26,31H,4,30H2,1-3,5H3. The third-order valence-corrected chi connectivity index (χ3v) is 6.91. The second-order valence-electron chi connectivity index (χ2n) is 8.87. The predicted octanol–water partition coefficient (Wildman–Crippen LogP) is 7.34. The second kappa shape index (κ2) is 7.72. The molecule has 3 N–H and O–H groups in total. The Kier molecular flexibility index (Phi) is 5.35. The van der Waals surface area contributed by atoms with Gasteiger partial charge < -0.3 is 11.1 Å². The summed E-state index contributed by atoms with van der Waals surface area (Å²) in [7, 11) is 0. The summed E-state index contributed by atoms with van der Waals surface area (Å²) in [6.07, 6.45) is 0. The van der Waals surface area contributed by atoms with Gasteiger partial charge >= 0.3 is 0 Å². The van der Waals surface area contributed by atoms with Crippen LogP contribution in [0.15, 0.2) is 66.9 Å². The van der Waals surface area contributed by atoms with Crippen molar-refractivity contribution in [2.75, 3.05) is 11.1 Å². The van der Waals surface area contributed by atoms with Gasteiger partial charge in [0.1, 0.15) is 5.82 Å². The Balaban J connectivity index is 1.58. The van der Waals surface area contributed by atoms with Gasteiger partial charge in [-0.3, -0.25) is 0 Å². The maximum Gasteiger partial charge on any atom is 0.126 e. The Labute approximate surface area is 188 Å². The molecule has 0 heterocycles. The summed E-state index contributed by atoms with van der Waals surface area (Å²) in [5.41, 5.74) is 14.9. The predicted molar refractivity (Wildman–Crippen MR) is 130 cm³/mol. The van der Waals surface area contributed by atoms with E-state index in [2.05, 4.69) is 50.0 Å². The minimum Gasteiger partial charge on any atom is -0.399 e. The molecule has 160 valence electrons. The third kappa shape index (κ3) is 3.95. The van der Waals surface area contributed by atoms with E-state index < -0.39 is 4.87 Å². The molecule has 1 fully saturated rings. The maximum atomic E-state index is 13.7. The molecular weight excluding hydrogens is 407 g/mol. The smallest absolute Gasteiger partial charge is 0.126 e. The fourth-order valence-electron chi connectivity index (χ4n) is 4.65. The van der Waals surface area contributed by atoms with Crippen LogP contribution in [0.25, 0.3) is 11.1 Å². The van der Waals surface area contributed by atoms with Crippen LogP contribution in [0.4, 0.5) is 15.8 Å². The van der Waals surface area contributed by atoms with Crippen molar-refractivity contribution in [3.8, 4) is 11.1 Å². The second-order valence-corrected chi connectivity index (χ2v) is 9.68. The van der Waals surface area contributed by atoms with Gasteiger partial charge in [-0.15, -0.1) is 11.6 Å². The van der Waals surface area contributed by atoms with Crippen LogP contribution in [-0.4, -0.2) is 4.87 Å². The molecule has 1 aliphatic rings. The summed E-state index contributed by atoms with van der Waals surface area (Å²) in [6.45, 7) is 12.3. The molecule has 31 heavy (non-hydrogen) atoms. The number of halogens is 2. The molecule has 0 amide bonds. The van der Waals surface area contributed by atoms with Gasteiger partial charge in [-0.1, -0.05) is 30.8 Å². The Bertz CT molecular complexity index is 1180. The van der Waals surface area contributed by atoms with E-state index in [1.165, 1.54) is 11.6 Å². The first kappa shape index (κ1) is 21.5.